The largest absolute Gasteiger partial charge is 0.481 e. The van der Waals surface area contributed by atoms with Crippen LogP contribution in [0.15, 0.2) is 18.2 Å². The zero-order valence-electron chi connectivity index (χ0n) is 8.57. The van der Waals surface area contributed by atoms with Gasteiger partial charge in [0, 0.05) is 5.02 Å². The first kappa shape index (κ1) is 12.0. The molecule has 2 atom stereocenters. The molecule has 2 N–H and O–H groups in total. The van der Waals surface area contributed by atoms with Gasteiger partial charge in [-0.1, -0.05) is 17.7 Å². The number of rotatable bonds is 3. The van der Waals surface area contributed by atoms with Crippen LogP contribution >= 0.6 is 11.6 Å². The van der Waals surface area contributed by atoms with Crippen LogP contribution in [0.5, 0.6) is 0 Å². The lowest BCUT2D eigenvalue weighted by Gasteiger charge is -2.17. The van der Waals surface area contributed by atoms with Crippen LogP contribution in [0, 0.1) is 12.8 Å². The van der Waals surface area contributed by atoms with Crippen molar-refractivity contribution >= 4 is 17.6 Å². The van der Waals surface area contributed by atoms with E-state index in [-0.39, 0.29) is 0 Å². The Labute approximate surface area is 93.3 Å². The fourth-order valence-corrected chi connectivity index (χ4v) is 1.60. The molecular weight excluding hydrogens is 216 g/mol. The number of aliphatic carboxylic acids is 1. The van der Waals surface area contributed by atoms with Crippen molar-refractivity contribution in [1.29, 1.82) is 0 Å². The number of carbonyl (C=O) groups is 1. The molecule has 0 radical (unpaired) electrons. The van der Waals surface area contributed by atoms with Gasteiger partial charge in [0.25, 0.3) is 0 Å². The predicted molar refractivity (Wildman–Crippen MR) is 57.9 cm³/mol. The van der Waals surface area contributed by atoms with Gasteiger partial charge in [0.2, 0.25) is 0 Å². The van der Waals surface area contributed by atoms with Crippen molar-refractivity contribution < 1.29 is 15.0 Å². The van der Waals surface area contributed by atoms with Gasteiger partial charge in [0.05, 0.1) is 12.0 Å². The van der Waals surface area contributed by atoms with Gasteiger partial charge in [-0.15, -0.1) is 0 Å². The fourth-order valence-electron chi connectivity index (χ4n) is 1.38. The molecule has 0 aliphatic rings. The minimum Gasteiger partial charge on any atom is -0.481 e. The van der Waals surface area contributed by atoms with Crippen molar-refractivity contribution in [3.63, 3.8) is 0 Å². The summed E-state index contributed by atoms with van der Waals surface area (Å²) in [5.41, 5.74) is 1.40. The molecule has 1 rings (SSSR count). The maximum Gasteiger partial charge on any atom is 0.309 e. The third-order valence-electron chi connectivity index (χ3n) is 2.41. The molecule has 0 aromatic heterocycles. The van der Waals surface area contributed by atoms with Gasteiger partial charge in [-0.3, -0.25) is 4.79 Å². The highest BCUT2D eigenvalue weighted by atomic mass is 35.5. The number of carboxylic acids is 1. The molecular formula is C11H13ClO3. The molecule has 82 valence electrons. The summed E-state index contributed by atoms with van der Waals surface area (Å²) in [6.45, 7) is 3.26. The molecule has 0 spiro atoms. The average Bonchev–Trinajstić information content (AvgIpc) is 2.15. The highest BCUT2D eigenvalue weighted by Gasteiger charge is 2.23. The maximum atomic E-state index is 10.7. The summed E-state index contributed by atoms with van der Waals surface area (Å²) in [6, 6.07) is 5.00. The summed E-state index contributed by atoms with van der Waals surface area (Å²) in [5.74, 6) is -1.85. The molecule has 0 bridgehead atoms. The van der Waals surface area contributed by atoms with Crippen LogP contribution in [0.2, 0.25) is 5.02 Å². The maximum absolute atomic E-state index is 10.7. The smallest absolute Gasteiger partial charge is 0.309 e. The van der Waals surface area contributed by atoms with Crippen molar-refractivity contribution in [2.45, 2.75) is 20.0 Å². The summed E-state index contributed by atoms with van der Waals surface area (Å²) >= 11 is 5.77. The second kappa shape index (κ2) is 4.64. The molecule has 0 fully saturated rings. The van der Waals surface area contributed by atoms with Crippen molar-refractivity contribution in [3.8, 4) is 0 Å². The molecule has 4 heteroatoms. The topological polar surface area (TPSA) is 57.5 Å². The van der Waals surface area contributed by atoms with E-state index in [9.17, 15) is 9.90 Å². The van der Waals surface area contributed by atoms with E-state index in [1.54, 1.807) is 25.1 Å². The van der Waals surface area contributed by atoms with E-state index in [0.717, 1.165) is 5.56 Å². The SMILES string of the molecule is Cc1cc(Cl)ccc1C(O)C(C)C(=O)O. The first-order valence-corrected chi connectivity index (χ1v) is 4.98. The van der Waals surface area contributed by atoms with E-state index in [2.05, 4.69) is 0 Å². The van der Waals surface area contributed by atoms with E-state index < -0.39 is 18.0 Å². The molecule has 0 aliphatic carbocycles. The van der Waals surface area contributed by atoms with Crippen LogP contribution < -0.4 is 0 Å². The minimum atomic E-state index is -1.02. The van der Waals surface area contributed by atoms with Crippen LogP contribution in [0.4, 0.5) is 0 Å². The Morgan fingerprint density at radius 2 is 2.07 bits per heavy atom. The number of carboxylic acid groups (broad SMARTS) is 1. The first-order valence-electron chi connectivity index (χ1n) is 4.60. The second-order valence-corrected chi connectivity index (χ2v) is 4.01. The van der Waals surface area contributed by atoms with E-state index in [1.807, 2.05) is 0 Å². The van der Waals surface area contributed by atoms with Crippen molar-refractivity contribution in [2.75, 3.05) is 0 Å². The normalized spacial score (nSPS) is 14.7. The number of aliphatic hydroxyl groups excluding tert-OH is 1. The van der Waals surface area contributed by atoms with Crippen molar-refractivity contribution in [2.24, 2.45) is 5.92 Å². The lowest BCUT2D eigenvalue weighted by Crippen LogP contribution is -2.19. The average molecular weight is 229 g/mol. The van der Waals surface area contributed by atoms with Crippen LogP contribution in [-0.4, -0.2) is 16.2 Å². The van der Waals surface area contributed by atoms with Gasteiger partial charge in [-0.05, 0) is 37.1 Å². The van der Waals surface area contributed by atoms with Crippen LogP contribution in [0.3, 0.4) is 0 Å². The Kier molecular flexibility index (Phi) is 3.72. The van der Waals surface area contributed by atoms with E-state index >= 15 is 0 Å². The second-order valence-electron chi connectivity index (χ2n) is 3.57. The standard InChI is InChI=1S/C11H13ClO3/c1-6-5-8(12)3-4-9(6)10(13)7(2)11(14)15/h3-5,7,10,13H,1-2H3,(H,14,15). The first-order chi connectivity index (χ1) is 6.93. The highest BCUT2D eigenvalue weighted by Crippen LogP contribution is 2.26. The lowest BCUT2D eigenvalue weighted by atomic mass is 9.94. The van der Waals surface area contributed by atoms with Gasteiger partial charge in [0.15, 0.2) is 0 Å². The van der Waals surface area contributed by atoms with Gasteiger partial charge in [0.1, 0.15) is 0 Å². The number of hydrogen-bond donors (Lipinski definition) is 2. The molecule has 1 aromatic carbocycles. The Balaban J connectivity index is 3.01. The van der Waals surface area contributed by atoms with Gasteiger partial charge >= 0.3 is 5.97 Å². The van der Waals surface area contributed by atoms with Crippen molar-refractivity contribution in [3.05, 3.63) is 34.3 Å². The Morgan fingerprint density at radius 3 is 2.53 bits per heavy atom. The summed E-state index contributed by atoms with van der Waals surface area (Å²) in [5, 5.41) is 19.2. The highest BCUT2D eigenvalue weighted by molar-refractivity contribution is 6.30. The van der Waals surface area contributed by atoms with E-state index in [4.69, 9.17) is 16.7 Å². The quantitative estimate of drug-likeness (QED) is 0.835. The van der Waals surface area contributed by atoms with Crippen LogP contribution in [-0.2, 0) is 4.79 Å². The summed E-state index contributed by atoms with van der Waals surface area (Å²) < 4.78 is 0. The minimum absolute atomic E-state index is 0.575. The number of benzene rings is 1. The molecule has 0 aliphatic heterocycles. The van der Waals surface area contributed by atoms with Gasteiger partial charge in [-0.25, -0.2) is 0 Å². The van der Waals surface area contributed by atoms with E-state index in [1.165, 1.54) is 6.92 Å². The lowest BCUT2D eigenvalue weighted by molar-refractivity contribution is -0.145. The molecule has 2 unspecified atom stereocenters. The Morgan fingerprint density at radius 1 is 1.47 bits per heavy atom. The third-order valence-corrected chi connectivity index (χ3v) is 2.65. The summed E-state index contributed by atoms with van der Waals surface area (Å²) in [4.78, 5) is 10.7. The number of halogens is 1. The molecule has 0 saturated carbocycles. The summed E-state index contributed by atoms with van der Waals surface area (Å²) in [7, 11) is 0. The Bertz CT molecular complexity index is 376. The molecule has 3 nitrogen and oxygen atoms in total. The van der Waals surface area contributed by atoms with Gasteiger partial charge in [-0.2, -0.15) is 0 Å². The Hall–Kier alpha value is -1.06. The van der Waals surface area contributed by atoms with E-state index in [0.29, 0.717) is 10.6 Å². The third kappa shape index (κ3) is 2.70. The predicted octanol–water partition coefficient (Wildman–Crippen LogP) is 2.40. The molecule has 0 saturated heterocycles. The molecule has 1 aromatic rings. The monoisotopic (exact) mass is 228 g/mol. The van der Waals surface area contributed by atoms with Crippen LogP contribution in [0.25, 0.3) is 0 Å². The van der Waals surface area contributed by atoms with Crippen LogP contribution in [0.1, 0.15) is 24.2 Å². The molecule has 15 heavy (non-hydrogen) atoms. The van der Waals surface area contributed by atoms with Gasteiger partial charge < -0.3 is 10.2 Å². The fraction of sp³-hybridized carbons (Fsp3) is 0.364. The number of hydrogen-bond acceptors (Lipinski definition) is 2. The number of aliphatic hydroxyl groups is 1. The van der Waals surface area contributed by atoms with Crippen molar-refractivity contribution in [1.82, 2.24) is 0 Å². The summed E-state index contributed by atoms with van der Waals surface area (Å²) in [6.07, 6.45) is -1.00. The zero-order valence-corrected chi connectivity index (χ0v) is 9.32. The zero-order chi connectivity index (χ0) is 11.6. The molecule has 0 heterocycles. The number of aryl methyl sites for hydroxylation is 1. The molecule has 0 amide bonds.